The summed E-state index contributed by atoms with van der Waals surface area (Å²) < 4.78 is 0. The molecule has 0 bridgehead atoms. The maximum atomic E-state index is 11.1. The molecular formula is C10H10N4O2S. The van der Waals surface area contributed by atoms with Crippen LogP contribution < -0.4 is 5.32 Å². The molecule has 88 valence electrons. The average molecular weight is 250 g/mol. The van der Waals surface area contributed by atoms with Gasteiger partial charge in [-0.15, -0.1) is 0 Å². The van der Waals surface area contributed by atoms with Gasteiger partial charge >= 0.3 is 5.69 Å². The topological polar surface area (TPSA) is 83.8 Å². The Kier molecular flexibility index (Phi) is 3.29. The minimum atomic E-state index is -0.392. The number of anilines is 1. The molecule has 1 aromatic carbocycles. The lowest BCUT2D eigenvalue weighted by Gasteiger charge is -2.05. The summed E-state index contributed by atoms with van der Waals surface area (Å²) in [6, 6.07) is 5.14. The number of nitrogens with one attached hydrogen (secondary N) is 2. The molecule has 2 rings (SSSR count). The van der Waals surface area contributed by atoms with Gasteiger partial charge in [-0.2, -0.15) is 0 Å². The highest BCUT2D eigenvalue weighted by molar-refractivity contribution is 7.99. The van der Waals surface area contributed by atoms with Gasteiger partial charge in [0.15, 0.2) is 5.16 Å². The molecule has 6 nitrogen and oxygen atoms in total. The van der Waals surface area contributed by atoms with Crippen molar-refractivity contribution < 1.29 is 4.92 Å². The van der Waals surface area contributed by atoms with Crippen molar-refractivity contribution in [2.24, 2.45) is 0 Å². The van der Waals surface area contributed by atoms with E-state index in [4.69, 9.17) is 0 Å². The smallest absolute Gasteiger partial charge is 0.306 e. The Morgan fingerprint density at radius 3 is 2.94 bits per heavy atom. The molecule has 0 radical (unpaired) electrons. The summed E-state index contributed by atoms with van der Waals surface area (Å²) in [4.78, 5) is 18.1. The molecule has 2 N–H and O–H groups in total. The Bertz CT molecular complexity index is 527. The Morgan fingerprint density at radius 1 is 1.53 bits per heavy atom. The molecule has 0 spiro atoms. The highest BCUT2D eigenvalue weighted by Crippen LogP contribution is 2.37. The Hall–Kier alpha value is -2.02. The summed E-state index contributed by atoms with van der Waals surface area (Å²) in [5.41, 5.74) is 0.558. The maximum absolute atomic E-state index is 11.1. The van der Waals surface area contributed by atoms with Crippen LogP contribution in [-0.4, -0.2) is 21.9 Å². The van der Waals surface area contributed by atoms with E-state index in [-0.39, 0.29) is 5.69 Å². The third kappa shape index (κ3) is 2.39. The molecule has 2 aromatic rings. The Morgan fingerprint density at radius 2 is 2.35 bits per heavy atom. The second-order valence-corrected chi connectivity index (χ2v) is 4.19. The van der Waals surface area contributed by atoms with Crippen molar-refractivity contribution >= 4 is 23.1 Å². The van der Waals surface area contributed by atoms with Crippen LogP contribution in [0, 0.1) is 10.1 Å². The summed E-state index contributed by atoms with van der Waals surface area (Å²) in [7, 11) is 1.66. The summed E-state index contributed by atoms with van der Waals surface area (Å²) in [5.74, 6) is 0. The number of hydrogen-bond donors (Lipinski definition) is 2. The number of rotatable bonds is 4. The van der Waals surface area contributed by atoms with E-state index in [9.17, 15) is 10.1 Å². The normalized spacial score (nSPS) is 10.2. The molecule has 0 unspecified atom stereocenters. The van der Waals surface area contributed by atoms with E-state index in [2.05, 4.69) is 15.3 Å². The van der Waals surface area contributed by atoms with Gasteiger partial charge in [0, 0.05) is 19.4 Å². The molecule has 1 heterocycles. The first-order valence-electron chi connectivity index (χ1n) is 4.84. The van der Waals surface area contributed by atoms with Crippen molar-refractivity contribution in [2.45, 2.75) is 10.1 Å². The second kappa shape index (κ2) is 4.88. The Balaban J connectivity index is 2.42. The second-order valence-electron chi connectivity index (χ2n) is 3.16. The lowest BCUT2D eigenvalue weighted by atomic mass is 10.3. The van der Waals surface area contributed by atoms with Crippen LogP contribution in [0.15, 0.2) is 40.6 Å². The van der Waals surface area contributed by atoms with Gasteiger partial charge in [0.25, 0.3) is 0 Å². The predicted molar refractivity (Wildman–Crippen MR) is 65.4 cm³/mol. The fourth-order valence-corrected chi connectivity index (χ4v) is 2.28. The van der Waals surface area contributed by atoms with Crippen molar-refractivity contribution in [2.75, 3.05) is 12.4 Å². The number of nitrogens with zero attached hydrogens (tertiary/aromatic N) is 2. The van der Waals surface area contributed by atoms with Gasteiger partial charge in [0.1, 0.15) is 5.69 Å². The largest absolute Gasteiger partial charge is 0.383 e. The van der Waals surface area contributed by atoms with Crippen LogP contribution in [0.1, 0.15) is 0 Å². The molecule has 0 saturated carbocycles. The van der Waals surface area contributed by atoms with Crippen molar-refractivity contribution in [3.8, 4) is 0 Å². The van der Waals surface area contributed by atoms with E-state index in [0.717, 1.165) is 0 Å². The first-order valence-corrected chi connectivity index (χ1v) is 5.66. The highest BCUT2D eigenvalue weighted by atomic mass is 32.2. The number of H-pyrrole nitrogens is 1. The Labute approximate surface area is 102 Å². The van der Waals surface area contributed by atoms with Gasteiger partial charge in [-0.25, -0.2) is 4.98 Å². The third-order valence-corrected chi connectivity index (χ3v) is 3.10. The van der Waals surface area contributed by atoms with Crippen molar-refractivity contribution in [1.82, 2.24) is 9.97 Å². The van der Waals surface area contributed by atoms with Gasteiger partial charge in [-0.1, -0.05) is 6.07 Å². The SMILES string of the molecule is CNc1cccc(Sc2ncc[nH]2)c1[N+](=O)[O-]. The molecule has 0 aliphatic rings. The van der Waals surface area contributed by atoms with E-state index in [1.165, 1.54) is 11.8 Å². The van der Waals surface area contributed by atoms with Crippen LogP contribution in [0.3, 0.4) is 0 Å². The fourth-order valence-electron chi connectivity index (χ4n) is 1.41. The minimum absolute atomic E-state index is 0.0661. The third-order valence-electron chi connectivity index (χ3n) is 2.13. The monoisotopic (exact) mass is 250 g/mol. The summed E-state index contributed by atoms with van der Waals surface area (Å²) in [6.07, 6.45) is 3.28. The van der Waals surface area contributed by atoms with E-state index in [1.807, 2.05) is 0 Å². The lowest BCUT2D eigenvalue weighted by Crippen LogP contribution is -1.98. The number of nitro benzene ring substituents is 1. The molecule has 7 heteroatoms. The van der Waals surface area contributed by atoms with Crippen LogP contribution in [0.4, 0.5) is 11.4 Å². The van der Waals surface area contributed by atoms with Gasteiger partial charge < -0.3 is 10.3 Å². The van der Waals surface area contributed by atoms with Crippen LogP contribution in [0.2, 0.25) is 0 Å². The minimum Gasteiger partial charge on any atom is -0.383 e. The first-order chi connectivity index (χ1) is 8.22. The fraction of sp³-hybridized carbons (Fsp3) is 0.100. The zero-order valence-corrected chi connectivity index (χ0v) is 9.82. The van der Waals surface area contributed by atoms with E-state index < -0.39 is 4.92 Å². The summed E-state index contributed by atoms with van der Waals surface area (Å²) in [5, 5.41) is 14.5. The number of imidazole rings is 1. The zero-order valence-electron chi connectivity index (χ0n) is 9.01. The molecule has 0 saturated heterocycles. The van der Waals surface area contributed by atoms with E-state index in [1.54, 1.807) is 37.6 Å². The number of benzene rings is 1. The van der Waals surface area contributed by atoms with E-state index >= 15 is 0 Å². The van der Waals surface area contributed by atoms with E-state index in [0.29, 0.717) is 15.7 Å². The van der Waals surface area contributed by atoms with Crippen LogP contribution >= 0.6 is 11.8 Å². The van der Waals surface area contributed by atoms with Gasteiger partial charge in [-0.05, 0) is 23.9 Å². The van der Waals surface area contributed by atoms with Crippen LogP contribution in [0.5, 0.6) is 0 Å². The zero-order chi connectivity index (χ0) is 12.3. The number of aromatic amines is 1. The maximum Gasteiger partial charge on any atom is 0.306 e. The summed E-state index contributed by atoms with van der Waals surface area (Å²) >= 11 is 1.23. The van der Waals surface area contributed by atoms with Crippen molar-refractivity contribution in [3.05, 3.63) is 40.7 Å². The number of hydrogen-bond acceptors (Lipinski definition) is 5. The molecule has 0 aliphatic heterocycles. The van der Waals surface area contributed by atoms with Gasteiger partial charge in [0.05, 0.1) is 9.82 Å². The van der Waals surface area contributed by atoms with Crippen molar-refractivity contribution in [1.29, 1.82) is 0 Å². The lowest BCUT2D eigenvalue weighted by molar-refractivity contribution is -0.386. The van der Waals surface area contributed by atoms with Gasteiger partial charge in [-0.3, -0.25) is 10.1 Å². The standard InChI is InChI=1S/C10H10N4O2S/c1-11-7-3-2-4-8(9(7)14(15)16)17-10-12-5-6-13-10/h2-6,11H,1H3,(H,12,13). The molecule has 1 aromatic heterocycles. The highest BCUT2D eigenvalue weighted by Gasteiger charge is 2.20. The number of aromatic nitrogens is 2. The quantitative estimate of drug-likeness (QED) is 0.643. The summed E-state index contributed by atoms with van der Waals surface area (Å²) in [6.45, 7) is 0. The van der Waals surface area contributed by atoms with Crippen LogP contribution in [-0.2, 0) is 0 Å². The van der Waals surface area contributed by atoms with Crippen molar-refractivity contribution in [3.63, 3.8) is 0 Å². The molecule has 0 aliphatic carbocycles. The molecule has 0 amide bonds. The molecule has 17 heavy (non-hydrogen) atoms. The first kappa shape index (κ1) is 11.5. The molecule has 0 atom stereocenters. The molecule has 0 fully saturated rings. The van der Waals surface area contributed by atoms with Crippen LogP contribution in [0.25, 0.3) is 0 Å². The average Bonchev–Trinajstić information content (AvgIpc) is 2.81. The number of para-hydroxylation sites is 1. The molecular weight excluding hydrogens is 240 g/mol. The predicted octanol–water partition coefficient (Wildman–Crippen LogP) is 2.51. The number of nitro groups is 1. The van der Waals surface area contributed by atoms with Gasteiger partial charge in [0.2, 0.25) is 0 Å².